The van der Waals surface area contributed by atoms with Gasteiger partial charge < -0.3 is 5.73 Å². The molecule has 0 spiro atoms. The number of nitrogens with two attached hydrogens (primary N) is 1. The molecule has 1 unspecified atom stereocenters. The summed E-state index contributed by atoms with van der Waals surface area (Å²) in [4.78, 5) is 2.66. The van der Waals surface area contributed by atoms with E-state index in [4.69, 9.17) is 5.73 Å². The molecular weight excluding hydrogens is 262 g/mol. The molecule has 3 aromatic rings. The molecule has 2 aromatic carbocycles. The van der Waals surface area contributed by atoms with Gasteiger partial charge in [-0.2, -0.15) is 0 Å². The van der Waals surface area contributed by atoms with Crippen molar-refractivity contribution in [2.75, 3.05) is 0 Å². The standard InChI is InChI=1S/C18H17NS/c19-18(13-8-9-13)17-11-10-16(20-17)15-7-3-5-12-4-1-2-6-14(12)15/h1-7,10-11,13,18H,8-9,19H2. The van der Waals surface area contributed by atoms with E-state index >= 15 is 0 Å². The third-order valence-electron chi connectivity index (χ3n) is 4.14. The Bertz CT molecular complexity index is 749. The summed E-state index contributed by atoms with van der Waals surface area (Å²) >= 11 is 1.85. The van der Waals surface area contributed by atoms with Crippen LogP contribution in [0.1, 0.15) is 23.8 Å². The van der Waals surface area contributed by atoms with Crippen molar-refractivity contribution in [2.24, 2.45) is 11.7 Å². The molecule has 1 atom stereocenters. The number of fused-ring (bicyclic) bond motifs is 1. The largest absolute Gasteiger partial charge is 0.323 e. The van der Waals surface area contributed by atoms with Gasteiger partial charge in [0.1, 0.15) is 0 Å². The highest BCUT2D eigenvalue weighted by atomic mass is 32.1. The van der Waals surface area contributed by atoms with Crippen molar-refractivity contribution in [3.8, 4) is 10.4 Å². The lowest BCUT2D eigenvalue weighted by molar-refractivity contribution is 0.645. The highest BCUT2D eigenvalue weighted by Gasteiger charge is 2.30. The first-order valence-corrected chi connectivity index (χ1v) is 7.98. The molecule has 1 saturated carbocycles. The summed E-state index contributed by atoms with van der Waals surface area (Å²) in [5.74, 6) is 0.717. The van der Waals surface area contributed by atoms with E-state index in [1.165, 1.54) is 38.9 Å². The summed E-state index contributed by atoms with van der Waals surface area (Å²) in [5.41, 5.74) is 7.64. The van der Waals surface area contributed by atoms with E-state index in [2.05, 4.69) is 54.6 Å². The second-order valence-electron chi connectivity index (χ2n) is 5.59. The first-order valence-electron chi connectivity index (χ1n) is 7.16. The molecule has 0 saturated heterocycles. The monoisotopic (exact) mass is 279 g/mol. The fraction of sp³-hybridized carbons (Fsp3) is 0.222. The fourth-order valence-corrected chi connectivity index (χ4v) is 3.95. The Labute approximate surface area is 123 Å². The summed E-state index contributed by atoms with van der Waals surface area (Å²) < 4.78 is 0. The van der Waals surface area contributed by atoms with Crippen molar-refractivity contribution in [2.45, 2.75) is 18.9 Å². The minimum absolute atomic E-state index is 0.240. The Morgan fingerprint density at radius 3 is 2.60 bits per heavy atom. The predicted octanol–water partition coefficient (Wildman–Crippen LogP) is 4.98. The molecule has 1 nitrogen and oxygen atoms in total. The summed E-state index contributed by atoms with van der Waals surface area (Å²) in [6, 6.07) is 19.8. The van der Waals surface area contributed by atoms with Gasteiger partial charge in [-0.15, -0.1) is 11.3 Å². The molecule has 1 aliphatic carbocycles. The van der Waals surface area contributed by atoms with Crippen molar-refractivity contribution < 1.29 is 0 Å². The van der Waals surface area contributed by atoms with E-state index in [1.807, 2.05) is 11.3 Å². The maximum Gasteiger partial charge on any atom is 0.0418 e. The van der Waals surface area contributed by atoms with Gasteiger partial charge in [0.05, 0.1) is 0 Å². The van der Waals surface area contributed by atoms with Gasteiger partial charge in [-0.25, -0.2) is 0 Å². The Morgan fingerprint density at radius 1 is 0.950 bits per heavy atom. The van der Waals surface area contributed by atoms with E-state index in [0.717, 1.165) is 0 Å². The van der Waals surface area contributed by atoms with Crippen molar-refractivity contribution in [1.82, 2.24) is 0 Å². The van der Waals surface area contributed by atoms with Gasteiger partial charge >= 0.3 is 0 Å². The van der Waals surface area contributed by atoms with Crippen molar-refractivity contribution in [3.63, 3.8) is 0 Å². The number of rotatable bonds is 3. The Balaban J connectivity index is 1.79. The minimum Gasteiger partial charge on any atom is -0.323 e. The molecule has 1 aromatic heterocycles. The van der Waals surface area contributed by atoms with Gasteiger partial charge in [-0.05, 0) is 47.2 Å². The molecule has 2 N–H and O–H groups in total. The molecule has 2 heteroatoms. The molecular formula is C18H17NS. The molecule has 0 amide bonds. The molecule has 1 aliphatic rings. The predicted molar refractivity (Wildman–Crippen MR) is 86.9 cm³/mol. The highest BCUT2D eigenvalue weighted by Crippen LogP contribution is 2.43. The van der Waals surface area contributed by atoms with Crippen LogP contribution < -0.4 is 5.73 Å². The van der Waals surface area contributed by atoms with Crippen LogP contribution in [-0.2, 0) is 0 Å². The lowest BCUT2D eigenvalue weighted by atomic mass is 10.0. The summed E-state index contributed by atoms with van der Waals surface area (Å²) in [6.45, 7) is 0. The van der Waals surface area contributed by atoms with Crippen molar-refractivity contribution in [3.05, 3.63) is 59.5 Å². The zero-order valence-corrected chi connectivity index (χ0v) is 12.1. The second-order valence-corrected chi connectivity index (χ2v) is 6.71. The van der Waals surface area contributed by atoms with Crippen LogP contribution in [0.2, 0.25) is 0 Å². The molecule has 1 fully saturated rings. The van der Waals surface area contributed by atoms with Crippen molar-refractivity contribution >= 4 is 22.1 Å². The van der Waals surface area contributed by atoms with E-state index in [1.54, 1.807) is 0 Å². The molecule has 0 aliphatic heterocycles. The number of hydrogen-bond acceptors (Lipinski definition) is 2. The summed E-state index contributed by atoms with van der Waals surface area (Å²) in [5, 5.41) is 2.62. The number of benzene rings is 2. The number of hydrogen-bond donors (Lipinski definition) is 1. The van der Waals surface area contributed by atoms with Gasteiger partial charge in [-0.1, -0.05) is 42.5 Å². The van der Waals surface area contributed by atoms with Gasteiger partial charge in [0.2, 0.25) is 0 Å². The van der Waals surface area contributed by atoms with Crippen LogP contribution in [0.15, 0.2) is 54.6 Å². The zero-order valence-electron chi connectivity index (χ0n) is 11.3. The van der Waals surface area contributed by atoms with E-state index in [9.17, 15) is 0 Å². The van der Waals surface area contributed by atoms with Gasteiger partial charge in [0, 0.05) is 15.8 Å². The lowest BCUT2D eigenvalue weighted by Gasteiger charge is -2.07. The Hall–Kier alpha value is -1.64. The summed E-state index contributed by atoms with van der Waals surface area (Å²) in [6.07, 6.45) is 2.59. The normalized spacial score (nSPS) is 16.4. The number of thiophene rings is 1. The molecule has 0 radical (unpaired) electrons. The topological polar surface area (TPSA) is 26.0 Å². The average molecular weight is 279 g/mol. The van der Waals surface area contributed by atoms with Crippen LogP contribution in [-0.4, -0.2) is 0 Å². The van der Waals surface area contributed by atoms with E-state index in [-0.39, 0.29) is 6.04 Å². The third kappa shape index (κ3) is 2.05. The molecule has 4 rings (SSSR count). The van der Waals surface area contributed by atoms with Crippen LogP contribution in [0, 0.1) is 5.92 Å². The minimum atomic E-state index is 0.240. The van der Waals surface area contributed by atoms with Crippen LogP contribution >= 0.6 is 11.3 Å². The lowest BCUT2D eigenvalue weighted by Crippen LogP contribution is -2.10. The van der Waals surface area contributed by atoms with Crippen LogP contribution in [0.5, 0.6) is 0 Å². The van der Waals surface area contributed by atoms with Crippen LogP contribution in [0.25, 0.3) is 21.2 Å². The third-order valence-corrected chi connectivity index (χ3v) is 5.36. The quantitative estimate of drug-likeness (QED) is 0.719. The van der Waals surface area contributed by atoms with Gasteiger partial charge in [-0.3, -0.25) is 0 Å². The van der Waals surface area contributed by atoms with Crippen LogP contribution in [0.4, 0.5) is 0 Å². The van der Waals surface area contributed by atoms with E-state index < -0.39 is 0 Å². The first kappa shape index (κ1) is 12.1. The zero-order chi connectivity index (χ0) is 13.5. The van der Waals surface area contributed by atoms with Gasteiger partial charge in [0.25, 0.3) is 0 Å². The molecule has 0 bridgehead atoms. The Morgan fingerprint density at radius 2 is 1.75 bits per heavy atom. The van der Waals surface area contributed by atoms with Crippen molar-refractivity contribution in [1.29, 1.82) is 0 Å². The average Bonchev–Trinajstić information content (AvgIpc) is 3.23. The summed E-state index contributed by atoms with van der Waals surface area (Å²) in [7, 11) is 0. The molecule has 100 valence electrons. The van der Waals surface area contributed by atoms with E-state index in [0.29, 0.717) is 5.92 Å². The maximum absolute atomic E-state index is 6.31. The molecule has 20 heavy (non-hydrogen) atoms. The van der Waals surface area contributed by atoms with Gasteiger partial charge in [0.15, 0.2) is 0 Å². The smallest absolute Gasteiger partial charge is 0.0418 e. The highest BCUT2D eigenvalue weighted by molar-refractivity contribution is 7.15. The SMILES string of the molecule is NC(c1ccc(-c2cccc3ccccc23)s1)C1CC1. The first-order chi connectivity index (χ1) is 9.83. The van der Waals surface area contributed by atoms with Crippen LogP contribution in [0.3, 0.4) is 0 Å². The Kier molecular flexibility index (Phi) is 2.86. The molecule has 1 heterocycles. The maximum atomic E-state index is 6.31. The second kappa shape index (κ2) is 4.72. The fourth-order valence-electron chi connectivity index (χ4n) is 2.80.